The molecule has 8 heteroatoms. The van der Waals surface area contributed by atoms with Crippen molar-refractivity contribution >= 4 is 23.6 Å². The molecule has 1 saturated heterocycles. The molecular formula is C18H31N5O2S. The molecule has 1 unspecified atom stereocenters. The topological polar surface area (TPSA) is 73.1 Å². The number of carbonyl (C=O) groups is 1. The van der Waals surface area contributed by atoms with Crippen LogP contribution in [0.2, 0.25) is 0 Å². The summed E-state index contributed by atoms with van der Waals surface area (Å²) in [6.45, 7) is 3.79. The first-order valence-corrected chi connectivity index (χ1v) is 10.5. The van der Waals surface area contributed by atoms with E-state index >= 15 is 0 Å². The third kappa shape index (κ3) is 6.57. The zero-order chi connectivity index (χ0) is 18.8. The second kappa shape index (κ2) is 11.1. The maximum Gasteiger partial charge on any atom is 0.243 e. The van der Waals surface area contributed by atoms with Gasteiger partial charge >= 0.3 is 0 Å². The molecule has 2 heterocycles. The normalized spacial score (nSPS) is 16.5. The molecule has 1 atom stereocenters. The minimum atomic E-state index is -0.0157. The van der Waals surface area contributed by atoms with Gasteiger partial charge in [0.05, 0.1) is 12.3 Å². The number of likely N-dealkylation sites (N-methyl/N-ethyl adjacent to an activating group) is 1. The van der Waals surface area contributed by atoms with E-state index < -0.39 is 0 Å². The van der Waals surface area contributed by atoms with Crippen LogP contribution in [-0.4, -0.2) is 80.5 Å². The lowest BCUT2D eigenvalue weighted by Gasteiger charge is -2.26. The summed E-state index contributed by atoms with van der Waals surface area (Å²) in [4.78, 5) is 20.3. The molecule has 2 rings (SSSR count). The van der Waals surface area contributed by atoms with Crippen molar-refractivity contribution in [2.45, 2.75) is 18.9 Å². The smallest absolute Gasteiger partial charge is 0.243 e. The quantitative estimate of drug-likeness (QED) is 0.383. The highest BCUT2D eigenvalue weighted by Gasteiger charge is 2.25. The van der Waals surface area contributed by atoms with Crippen LogP contribution in [0, 0.1) is 0 Å². The van der Waals surface area contributed by atoms with Gasteiger partial charge in [-0.25, -0.2) is 4.99 Å². The number of carbonyl (C=O) groups excluding carboxylic acids is 1. The molecule has 2 N–H and O–H groups in total. The average Bonchev–Trinajstić information content (AvgIpc) is 3.33. The molecule has 1 amide bonds. The van der Waals surface area contributed by atoms with Crippen molar-refractivity contribution in [3.05, 3.63) is 24.2 Å². The number of guanidine groups is 1. The molecule has 0 bridgehead atoms. The maximum atomic E-state index is 11.8. The van der Waals surface area contributed by atoms with E-state index in [0.29, 0.717) is 12.5 Å². The third-order valence-electron chi connectivity index (χ3n) is 4.39. The number of furan rings is 1. The van der Waals surface area contributed by atoms with Crippen LogP contribution in [0.3, 0.4) is 0 Å². The zero-order valence-corrected chi connectivity index (χ0v) is 16.8. The van der Waals surface area contributed by atoms with E-state index in [4.69, 9.17) is 4.42 Å². The fraction of sp³-hybridized carbons (Fsp3) is 0.667. The minimum Gasteiger partial charge on any atom is -0.468 e. The highest BCUT2D eigenvalue weighted by molar-refractivity contribution is 7.98. The molecule has 1 aromatic rings. The Kier molecular flexibility index (Phi) is 8.84. The van der Waals surface area contributed by atoms with Crippen LogP contribution in [0.4, 0.5) is 0 Å². The van der Waals surface area contributed by atoms with Crippen LogP contribution in [0.1, 0.15) is 24.6 Å². The summed E-state index contributed by atoms with van der Waals surface area (Å²) in [6, 6.07) is 4.13. The van der Waals surface area contributed by atoms with Gasteiger partial charge in [0.15, 0.2) is 5.96 Å². The number of hydrogen-bond donors (Lipinski definition) is 2. The van der Waals surface area contributed by atoms with Gasteiger partial charge in [-0.15, -0.1) is 0 Å². The first kappa shape index (κ1) is 20.6. The van der Waals surface area contributed by atoms with Gasteiger partial charge in [0.1, 0.15) is 12.3 Å². The van der Waals surface area contributed by atoms with E-state index in [1.165, 1.54) is 12.8 Å². The Balaban J connectivity index is 1.99. The van der Waals surface area contributed by atoms with E-state index in [9.17, 15) is 4.79 Å². The fourth-order valence-electron chi connectivity index (χ4n) is 2.87. The standard InChI is InChI=1S/C18H31N5O2S/c1-22(2)17(24)14-21-18(19-8-12-26-3)20-13-15(16-7-6-11-25-16)23-9-4-5-10-23/h6-7,11,15H,4-5,8-10,12-14H2,1-3H3,(H2,19,20,21). The largest absolute Gasteiger partial charge is 0.468 e. The summed E-state index contributed by atoms with van der Waals surface area (Å²) in [5.41, 5.74) is 0. The van der Waals surface area contributed by atoms with Crippen molar-refractivity contribution in [3.63, 3.8) is 0 Å². The monoisotopic (exact) mass is 381 g/mol. The number of thioether (sulfide) groups is 1. The SMILES string of the molecule is CSCCNC(=NCC(=O)N(C)C)NCC(c1ccco1)N1CCCC1. The number of amides is 1. The fourth-order valence-corrected chi connectivity index (χ4v) is 3.18. The van der Waals surface area contributed by atoms with Gasteiger partial charge in [0.25, 0.3) is 0 Å². The van der Waals surface area contributed by atoms with Crippen LogP contribution >= 0.6 is 11.8 Å². The minimum absolute atomic E-state index is 0.0157. The van der Waals surface area contributed by atoms with E-state index in [1.54, 1.807) is 37.0 Å². The predicted octanol–water partition coefficient (Wildman–Crippen LogP) is 1.40. The summed E-state index contributed by atoms with van der Waals surface area (Å²) in [6.07, 6.45) is 6.24. The molecule has 0 spiro atoms. The molecule has 1 aliphatic heterocycles. The molecule has 0 saturated carbocycles. The second-order valence-electron chi connectivity index (χ2n) is 6.53. The maximum absolute atomic E-state index is 11.8. The Morgan fingerprint density at radius 1 is 1.38 bits per heavy atom. The highest BCUT2D eigenvalue weighted by atomic mass is 32.2. The Labute approximate surface area is 160 Å². The molecule has 0 radical (unpaired) electrons. The Morgan fingerprint density at radius 2 is 2.15 bits per heavy atom. The lowest BCUT2D eigenvalue weighted by atomic mass is 10.2. The van der Waals surface area contributed by atoms with E-state index in [1.807, 2.05) is 12.1 Å². The number of likely N-dealkylation sites (tertiary alicyclic amines) is 1. The first-order chi connectivity index (χ1) is 12.6. The van der Waals surface area contributed by atoms with Gasteiger partial charge in [-0.2, -0.15) is 11.8 Å². The van der Waals surface area contributed by atoms with E-state index in [0.717, 1.165) is 31.1 Å². The van der Waals surface area contributed by atoms with Gasteiger partial charge < -0.3 is 20.0 Å². The van der Waals surface area contributed by atoms with Crippen LogP contribution < -0.4 is 10.6 Å². The highest BCUT2D eigenvalue weighted by Crippen LogP contribution is 2.24. The molecule has 7 nitrogen and oxygen atoms in total. The van der Waals surface area contributed by atoms with Crippen molar-refractivity contribution in [3.8, 4) is 0 Å². The summed E-state index contributed by atoms with van der Waals surface area (Å²) in [5.74, 6) is 2.60. The van der Waals surface area contributed by atoms with E-state index in [2.05, 4.69) is 26.8 Å². The Bertz CT molecular complexity index is 556. The van der Waals surface area contributed by atoms with Crippen molar-refractivity contribution in [2.75, 3.05) is 58.8 Å². The lowest BCUT2D eigenvalue weighted by Crippen LogP contribution is -2.43. The lowest BCUT2D eigenvalue weighted by molar-refractivity contribution is -0.127. The first-order valence-electron chi connectivity index (χ1n) is 9.10. The zero-order valence-electron chi connectivity index (χ0n) is 16.0. The predicted molar refractivity (Wildman–Crippen MR) is 108 cm³/mol. The Morgan fingerprint density at radius 3 is 2.77 bits per heavy atom. The molecule has 26 heavy (non-hydrogen) atoms. The van der Waals surface area contributed by atoms with Crippen molar-refractivity contribution in [1.82, 2.24) is 20.4 Å². The van der Waals surface area contributed by atoms with Crippen molar-refractivity contribution in [1.29, 1.82) is 0 Å². The summed E-state index contributed by atoms with van der Waals surface area (Å²) in [5, 5.41) is 6.70. The van der Waals surface area contributed by atoms with Crippen LogP contribution in [0.25, 0.3) is 0 Å². The summed E-state index contributed by atoms with van der Waals surface area (Å²) >= 11 is 1.77. The average molecular weight is 382 g/mol. The third-order valence-corrected chi connectivity index (χ3v) is 5.00. The van der Waals surface area contributed by atoms with Crippen LogP contribution in [0.5, 0.6) is 0 Å². The summed E-state index contributed by atoms with van der Waals surface area (Å²) < 4.78 is 5.66. The van der Waals surface area contributed by atoms with E-state index in [-0.39, 0.29) is 18.5 Å². The molecule has 0 aliphatic carbocycles. The Hall–Kier alpha value is -1.67. The summed E-state index contributed by atoms with van der Waals surface area (Å²) in [7, 11) is 3.48. The van der Waals surface area contributed by atoms with Gasteiger partial charge in [-0.05, 0) is 44.3 Å². The molecule has 1 fully saturated rings. The number of aliphatic imine (C=N–C) groups is 1. The second-order valence-corrected chi connectivity index (χ2v) is 7.51. The molecule has 1 aromatic heterocycles. The van der Waals surface area contributed by atoms with Crippen LogP contribution in [0.15, 0.2) is 27.8 Å². The molecule has 1 aliphatic rings. The van der Waals surface area contributed by atoms with Crippen LogP contribution in [-0.2, 0) is 4.79 Å². The number of nitrogens with one attached hydrogen (secondary N) is 2. The van der Waals surface area contributed by atoms with Gasteiger partial charge in [-0.1, -0.05) is 0 Å². The van der Waals surface area contributed by atoms with Gasteiger partial charge in [-0.3, -0.25) is 9.69 Å². The van der Waals surface area contributed by atoms with Crippen molar-refractivity contribution < 1.29 is 9.21 Å². The van der Waals surface area contributed by atoms with Gasteiger partial charge in [0, 0.05) is 32.9 Å². The number of nitrogens with zero attached hydrogens (tertiary/aromatic N) is 3. The van der Waals surface area contributed by atoms with Crippen molar-refractivity contribution in [2.24, 2.45) is 4.99 Å². The molecular weight excluding hydrogens is 350 g/mol. The molecule has 0 aromatic carbocycles. The van der Waals surface area contributed by atoms with Gasteiger partial charge in [0.2, 0.25) is 5.91 Å². The number of hydrogen-bond acceptors (Lipinski definition) is 5. The molecule has 146 valence electrons. The number of rotatable bonds is 9.